The van der Waals surface area contributed by atoms with Gasteiger partial charge in [-0.3, -0.25) is 4.72 Å². The number of pyridine rings is 1. The molecule has 130 valence electrons. The fourth-order valence-corrected chi connectivity index (χ4v) is 4.52. The summed E-state index contributed by atoms with van der Waals surface area (Å²) in [6.45, 7) is 4.90. The van der Waals surface area contributed by atoms with Crippen molar-refractivity contribution in [1.82, 2.24) is 4.98 Å². The molecule has 0 aliphatic rings. The Hall–Kier alpha value is -2.38. The summed E-state index contributed by atoms with van der Waals surface area (Å²) in [7, 11) is -3.57. The Morgan fingerprint density at radius 2 is 1.96 bits per heavy atom. The molecule has 0 saturated heterocycles. The molecule has 25 heavy (non-hydrogen) atoms. The molecule has 0 amide bonds. The Bertz CT molecular complexity index is 937. The molecule has 3 rings (SSSR count). The van der Waals surface area contributed by atoms with Gasteiger partial charge in [0.2, 0.25) is 0 Å². The lowest BCUT2D eigenvalue weighted by molar-refractivity contribution is 0.603. The van der Waals surface area contributed by atoms with E-state index < -0.39 is 10.0 Å². The lowest BCUT2D eigenvalue weighted by Crippen LogP contribution is -2.17. The first-order valence-electron chi connectivity index (χ1n) is 7.86. The smallest absolute Gasteiger partial charge is 0.272 e. The number of thiophene rings is 1. The van der Waals surface area contributed by atoms with E-state index in [4.69, 9.17) is 0 Å². The van der Waals surface area contributed by atoms with Crippen LogP contribution >= 0.6 is 11.3 Å². The number of nitrogens with zero attached hydrogens (tertiary/aromatic N) is 2. The van der Waals surface area contributed by atoms with Crippen LogP contribution in [0.5, 0.6) is 0 Å². The van der Waals surface area contributed by atoms with Gasteiger partial charge in [0.05, 0.1) is 11.9 Å². The minimum absolute atomic E-state index is 0.272. The molecule has 0 aliphatic heterocycles. The van der Waals surface area contributed by atoms with Crippen molar-refractivity contribution in [3.63, 3.8) is 0 Å². The maximum Gasteiger partial charge on any atom is 0.272 e. The van der Waals surface area contributed by atoms with E-state index in [0.29, 0.717) is 5.82 Å². The van der Waals surface area contributed by atoms with E-state index in [9.17, 15) is 8.42 Å². The van der Waals surface area contributed by atoms with E-state index in [1.807, 2.05) is 18.2 Å². The summed E-state index contributed by atoms with van der Waals surface area (Å²) in [4.78, 5) is 6.39. The monoisotopic (exact) mass is 373 g/mol. The fourth-order valence-electron chi connectivity index (χ4n) is 2.52. The Balaban J connectivity index is 1.82. The highest BCUT2D eigenvalue weighted by molar-refractivity contribution is 7.94. The number of nitrogens with one attached hydrogen (secondary N) is 1. The molecule has 5 nitrogen and oxygen atoms in total. The number of aromatic nitrogens is 1. The van der Waals surface area contributed by atoms with Crippen molar-refractivity contribution in [3.05, 3.63) is 65.7 Å². The quantitative estimate of drug-likeness (QED) is 0.695. The largest absolute Gasteiger partial charge is 0.341 e. The number of anilines is 3. The van der Waals surface area contributed by atoms with Gasteiger partial charge in [0.1, 0.15) is 10.0 Å². The molecule has 2 aromatic heterocycles. The van der Waals surface area contributed by atoms with Crippen LogP contribution in [0, 0.1) is 6.92 Å². The third-order valence-electron chi connectivity index (χ3n) is 3.69. The Kier molecular flexibility index (Phi) is 5.06. The van der Waals surface area contributed by atoms with Crippen molar-refractivity contribution in [2.24, 2.45) is 0 Å². The zero-order valence-corrected chi connectivity index (χ0v) is 15.6. The summed E-state index contributed by atoms with van der Waals surface area (Å²) in [5, 5.41) is 1.73. The molecule has 0 aliphatic carbocycles. The van der Waals surface area contributed by atoms with E-state index in [0.717, 1.165) is 17.9 Å². The summed E-state index contributed by atoms with van der Waals surface area (Å²) in [5.74, 6) is 0.303. The van der Waals surface area contributed by atoms with Gasteiger partial charge in [-0.25, -0.2) is 13.4 Å². The maximum absolute atomic E-state index is 12.2. The SMILES string of the molecule is CCN(c1ccc(NS(=O)(=O)c2cccs2)nc1)c1cccc(C)c1. The van der Waals surface area contributed by atoms with Gasteiger partial charge in [-0.1, -0.05) is 18.2 Å². The molecule has 0 spiro atoms. The van der Waals surface area contributed by atoms with E-state index in [2.05, 4.69) is 40.6 Å². The van der Waals surface area contributed by atoms with E-state index in [-0.39, 0.29) is 4.21 Å². The first-order valence-corrected chi connectivity index (χ1v) is 10.2. The van der Waals surface area contributed by atoms with Crippen molar-refractivity contribution in [3.8, 4) is 0 Å². The summed E-state index contributed by atoms with van der Waals surface area (Å²) < 4.78 is 27.3. The van der Waals surface area contributed by atoms with Crippen LogP contribution < -0.4 is 9.62 Å². The molecule has 0 bridgehead atoms. The summed E-state index contributed by atoms with van der Waals surface area (Å²) in [6.07, 6.45) is 1.68. The average Bonchev–Trinajstić information content (AvgIpc) is 3.12. The molecule has 0 atom stereocenters. The Morgan fingerprint density at radius 3 is 2.56 bits per heavy atom. The van der Waals surface area contributed by atoms with Crippen LogP contribution in [-0.4, -0.2) is 19.9 Å². The van der Waals surface area contributed by atoms with Crippen LogP contribution in [0.15, 0.2) is 64.3 Å². The van der Waals surface area contributed by atoms with Crippen molar-refractivity contribution in [2.45, 2.75) is 18.1 Å². The van der Waals surface area contributed by atoms with Gasteiger partial charge >= 0.3 is 0 Å². The summed E-state index contributed by atoms with van der Waals surface area (Å²) in [6, 6.07) is 15.0. The normalized spacial score (nSPS) is 11.3. The molecule has 1 N–H and O–H groups in total. The van der Waals surface area contributed by atoms with Crippen LogP contribution in [0.4, 0.5) is 17.2 Å². The number of sulfonamides is 1. The molecule has 0 unspecified atom stereocenters. The molecule has 7 heteroatoms. The van der Waals surface area contributed by atoms with E-state index in [1.165, 1.54) is 16.9 Å². The molecule has 1 aromatic carbocycles. The Labute approximate surface area is 152 Å². The van der Waals surface area contributed by atoms with Crippen LogP contribution in [0.25, 0.3) is 0 Å². The summed E-state index contributed by atoms with van der Waals surface area (Å²) >= 11 is 1.17. The van der Waals surface area contributed by atoms with Crippen molar-refractivity contribution in [1.29, 1.82) is 0 Å². The van der Waals surface area contributed by atoms with Crippen LogP contribution in [-0.2, 0) is 10.0 Å². The van der Waals surface area contributed by atoms with E-state index in [1.54, 1.807) is 29.8 Å². The second-order valence-electron chi connectivity index (χ2n) is 5.52. The van der Waals surface area contributed by atoms with Crippen LogP contribution in [0.1, 0.15) is 12.5 Å². The molecule has 0 radical (unpaired) electrons. The highest BCUT2D eigenvalue weighted by Gasteiger charge is 2.16. The predicted molar refractivity (Wildman–Crippen MR) is 103 cm³/mol. The molecule has 0 fully saturated rings. The molecular weight excluding hydrogens is 354 g/mol. The maximum atomic E-state index is 12.2. The van der Waals surface area contributed by atoms with Gasteiger partial charge in [0, 0.05) is 12.2 Å². The third kappa shape index (κ3) is 4.00. The lowest BCUT2D eigenvalue weighted by Gasteiger charge is -2.23. The van der Waals surface area contributed by atoms with Crippen molar-refractivity contribution >= 4 is 38.6 Å². The highest BCUT2D eigenvalue weighted by atomic mass is 32.2. The van der Waals surface area contributed by atoms with Crippen molar-refractivity contribution in [2.75, 3.05) is 16.2 Å². The van der Waals surface area contributed by atoms with Gasteiger partial charge in [-0.2, -0.15) is 0 Å². The number of aryl methyl sites for hydroxylation is 1. The second-order valence-corrected chi connectivity index (χ2v) is 8.38. The number of benzene rings is 1. The highest BCUT2D eigenvalue weighted by Crippen LogP contribution is 2.26. The fraction of sp³-hybridized carbons (Fsp3) is 0.167. The van der Waals surface area contributed by atoms with Crippen LogP contribution in [0.3, 0.4) is 0 Å². The number of rotatable bonds is 6. The van der Waals surface area contributed by atoms with E-state index >= 15 is 0 Å². The predicted octanol–water partition coefficient (Wildman–Crippen LogP) is 4.41. The van der Waals surface area contributed by atoms with Crippen LogP contribution in [0.2, 0.25) is 0 Å². The Morgan fingerprint density at radius 1 is 1.12 bits per heavy atom. The second kappa shape index (κ2) is 7.25. The topological polar surface area (TPSA) is 62.3 Å². The number of hydrogen-bond acceptors (Lipinski definition) is 5. The minimum Gasteiger partial charge on any atom is -0.341 e. The third-order valence-corrected chi connectivity index (χ3v) is 6.44. The van der Waals surface area contributed by atoms with Gasteiger partial charge in [0.25, 0.3) is 10.0 Å². The average molecular weight is 374 g/mol. The van der Waals surface area contributed by atoms with Gasteiger partial charge in [0.15, 0.2) is 0 Å². The minimum atomic E-state index is -3.57. The van der Waals surface area contributed by atoms with Crippen molar-refractivity contribution < 1.29 is 8.42 Å². The van der Waals surface area contributed by atoms with Gasteiger partial charge in [-0.05, 0) is 55.1 Å². The first-order chi connectivity index (χ1) is 12.0. The zero-order valence-electron chi connectivity index (χ0n) is 14.0. The molecule has 0 saturated carbocycles. The summed E-state index contributed by atoms with van der Waals surface area (Å²) in [5.41, 5.74) is 3.17. The molecular formula is C18H19N3O2S2. The molecule has 3 aromatic rings. The van der Waals surface area contributed by atoms with Gasteiger partial charge < -0.3 is 4.90 Å². The molecule has 2 heterocycles. The lowest BCUT2D eigenvalue weighted by atomic mass is 10.2. The standard InChI is InChI=1S/C18H19N3O2S2/c1-3-21(15-7-4-6-14(2)12-15)16-9-10-17(19-13-16)20-25(22,23)18-8-5-11-24-18/h4-13H,3H2,1-2H3,(H,19,20). The first kappa shape index (κ1) is 17.4. The van der Waals surface area contributed by atoms with Gasteiger partial charge in [-0.15, -0.1) is 11.3 Å². The number of hydrogen-bond donors (Lipinski definition) is 1. The zero-order chi connectivity index (χ0) is 17.9.